The number of ether oxygens (including phenoxy) is 2. The number of hydrogen-bond donors (Lipinski definition) is 0. The van der Waals surface area contributed by atoms with E-state index in [1.807, 2.05) is 48.5 Å². The molecule has 2 aromatic heterocycles. The van der Waals surface area contributed by atoms with Gasteiger partial charge in [-0.15, -0.1) is 11.3 Å². The molecule has 0 N–H and O–H groups in total. The first kappa shape index (κ1) is 18.5. The van der Waals surface area contributed by atoms with Gasteiger partial charge in [-0.25, -0.2) is 4.98 Å². The first-order valence-corrected chi connectivity index (χ1v) is 9.74. The molecule has 0 fully saturated rings. The average Bonchev–Trinajstić information content (AvgIpc) is 3.15. The molecule has 7 heteroatoms. The number of benzene rings is 2. The Bertz CT molecular complexity index is 1200. The standard InChI is InChI=1S/C21H17ClN2O3S/c1-26-17-8-3-13(9-18(17)27-2)11-24-12-23-16-10-19(28-20(16)21(24)25)14-4-6-15(22)7-5-14/h3-10,12H,11H2,1-2H3. The van der Waals surface area contributed by atoms with Crippen LogP contribution in [0.2, 0.25) is 5.02 Å². The van der Waals surface area contributed by atoms with Crippen LogP contribution in [0.15, 0.2) is 59.7 Å². The molecule has 0 saturated heterocycles. The van der Waals surface area contributed by atoms with Gasteiger partial charge in [-0.1, -0.05) is 29.8 Å². The lowest BCUT2D eigenvalue weighted by Crippen LogP contribution is -2.20. The summed E-state index contributed by atoms with van der Waals surface area (Å²) in [6.07, 6.45) is 1.58. The van der Waals surface area contributed by atoms with E-state index in [0.29, 0.717) is 33.3 Å². The molecule has 0 radical (unpaired) electrons. The van der Waals surface area contributed by atoms with E-state index in [4.69, 9.17) is 21.1 Å². The molecule has 0 saturated carbocycles. The van der Waals surface area contributed by atoms with Crippen LogP contribution in [0.25, 0.3) is 20.7 Å². The van der Waals surface area contributed by atoms with Crippen LogP contribution in [0.5, 0.6) is 11.5 Å². The first-order chi connectivity index (χ1) is 13.6. The van der Waals surface area contributed by atoms with Gasteiger partial charge in [0.1, 0.15) is 4.70 Å². The lowest BCUT2D eigenvalue weighted by molar-refractivity contribution is 0.354. The van der Waals surface area contributed by atoms with Crippen molar-refractivity contribution in [3.8, 4) is 21.9 Å². The number of halogens is 1. The number of methoxy groups -OCH3 is 2. The van der Waals surface area contributed by atoms with E-state index in [0.717, 1.165) is 16.0 Å². The second-order valence-corrected chi connectivity index (χ2v) is 7.69. The molecule has 142 valence electrons. The van der Waals surface area contributed by atoms with E-state index in [9.17, 15) is 4.79 Å². The third-order valence-corrected chi connectivity index (χ3v) is 5.85. The Morgan fingerprint density at radius 3 is 2.50 bits per heavy atom. The molecule has 4 rings (SSSR count). The molecule has 0 aliphatic carbocycles. The quantitative estimate of drug-likeness (QED) is 0.470. The van der Waals surface area contributed by atoms with E-state index < -0.39 is 0 Å². The smallest absolute Gasteiger partial charge is 0.271 e. The summed E-state index contributed by atoms with van der Waals surface area (Å²) in [5.41, 5.74) is 2.57. The van der Waals surface area contributed by atoms with E-state index >= 15 is 0 Å². The summed E-state index contributed by atoms with van der Waals surface area (Å²) in [4.78, 5) is 18.4. The van der Waals surface area contributed by atoms with Gasteiger partial charge < -0.3 is 9.47 Å². The van der Waals surface area contributed by atoms with Crippen molar-refractivity contribution < 1.29 is 9.47 Å². The monoisotopic (exact) mass is 412 g/mol. The van der Waals surface area contributed by atoms with Crippen molar-refractivity contribution in [2.24, 2.45) is 0 Å². The van der Waals surface area contributed by atoms with Crippen molar-refractivity contribution in [3.05, 3.63) is 75.8 Å². The molecule has 0 bridgehead atoms. The molecule has 2 heterocycles. The highest BCUT2D eigenvalue weighted by molar-refractivity contribution is 7.22. The van der Waals surface area contributed by atoms with Crippen LogP contribution in [0, 0.1) is 0 Å². The Balaban J connectivity index is 1.70. The number of hydrogen-bond acceptors (Lipinski definition) is 5. The van der Waals surface area contributed by atoms with Crippen molar-refractivity contribution in [2.45, 2.75) is 6.54 Å². The van der Waals surface area contributed by atoms with Gasteiger partial charge in [0.2, 0.25) is 0 Å². The van der Waals surface area contributed by atoms with Gasteiger partial charge in [0, 0.05) is 9.90 Å². The Hall–Kier alpha value is -2.83. The Kier molecular flexibility index (Phi) is 5.07. The van der Waals surface area contributed by atoms with Crippen LogP contribution in [0.3, 0.4) is 0 Å². The predicted molar refractivity (Wildman–Crippen MR) is 113 cm³/mol. The van der Waals surface area contributed by atoms with E-state index in [-0.39, 0.29) is 5.56 Å². The maximum atomic E-state index is 13.0. The number of aromatic nitrogens is 2. The summed E-state index contributed by atoms with van der Waals surface area (Å²) < 4.78 is 12.8. The minimum atomic E-state index is -0.0648. The molecule has 5 nitrogen and oxygen atoms in total. The van der Waals surface area contributed by atoms with Gasteiger partial charge in [0.05, 0.1) is 32.6 Å². The second kappa shape index (κ2) is 7.66. The van der Waals surface area contributed by atoms with Gasteiger partial charge in [0.25, 0.3) is 5.56 Å². The fraction of sp³-hybridized carbons (Fsp3) is 0.143. The van der Waals surface area contributed by atoms with Crippen LogP contribution >= 0.6 is 22.9 Å². The molecule has 4 aromatic rings. The van der Waals surface area contributed by atoms with E-state index in [2.05, 4.69) is 4.98 Å². The highest BCUT2D eigenvalue weighted by Crippen LogP contribution is 2.32. The van der Waals surface area contributed by atoms with Crippen LogP contribution < -0.4 is 15.0 Å². The molecule has 0 spiro atoms. The lowest BCUT2D eigenvalue weighted by Gasteiger charge is -2.10. The Labute approximate surface area is 170 Å². The first-order valence-electron chi connectivity index (χ1n) is 8.55. The Morgan fingerprint density at radius 2 is 1.79 bits per heavy atom. The molecule has 0 aliphatic heterocycles. The summed E-state index contributed by atoms with van der Waals surface area (Å²) in [5, 5.41) is 0.681. The number of rotatable bonds is 5. The third kappa shape index (κ3) is 3.48. The van der Waals surface area contributed by atoms with Crippen molar-refractivity contribution in [1.29, 1.82) is 0 Å². The van der Waals surface area contributed by atoms with Crippen LogP contribution in [0.1, 0.15) is 5.56 Å². The minimum Gasteiger partial charge on any atom is -0.493 e. The molecule has 0 amide bonds. The topological polar surface area (TPSA) is 53.4 Å². The largest absolute Gasteiger partial charge is 0.493 e. The van der Waals surface area contributed by atoms with Crippen LogP contribution in [-0.2, 0) is 6.54 Å². The molecule has 0 unspecified atom stereocenters. The normalized spacial score (nSPS) is 11.0. The third-order valence-electron chi connectivity index (χ3n) is 4.43. The van der Waals surface area contributed by atoms with Crippen molar-refractivity contribution in [3.63, 3.8) is 0 Å². The maximum absolute atomic E-state index is 13.0. The molecule has 0 atom stereocenters. The van der Waals surface area contributed by atoms with Crippen LogP contribution in [-0.4, -0.2) is 23.8 Å². The summed E-state index contributed by atoms with van der Waals surface area (Å²) in [7, 11) is 3.18. The summed E-state index contributed by atoms with van der Waals surface area (Å²) in [6, 6.07) is 15.1. The fourth-order valence-corrected chi connectivity index (χ4v) is 4.18. The zero-order valence-corrected chi connectivity index (χ0v) is 16.9. The minimum absolute atomic E-state index is 0.0648. The summed E-state index contributed by atoms with van der Waals surface area (Å²) in [5.74, 6) is 1.28. The zero-order chi connectivity index (χ0) is 19.7. The molecular weight excluding hydrogens is 396 g/mol. The Morgan fingerprint density at radius 1 is 1.04 bits per heavy atom. The van der Waals surface area contributed by atoms with E-state index in [1.165, 1.54) is 11.3 Å². The van der Waals surface area contributed by atoms with E-state index in [1.54, 1.807) is 25.1 Å². The van der Waals surface area contributed by atoms with Gasteiger partial charge in [-0.2, -0.15) is 0 Å². The summed E-state index contributed by atoms with van der Waals surface area (Å²) in [6.45, 7) is 0.399. The molecule has 0 aliphatic rings. The SMILES string of the molecule is COc1ccc(Cn2cnc3cc(-c4ccc(Cl)cc4)sc3c2=O)cc1OC. The van der Waals surface area contributed by atoms with Crippen molar-refractivity contribution in [1.82, 2.24) is 9.55 Å². The average molecular weight is 413 g/mol. The van der Waals surface area contributed by atoms with Gasteiger partial charge in [-0.05, 0) is 41.5 Å². The number of thiophene rings is 1. The lowest BCUT2D eigenvalue weighted by atomic mass is 10.2. The predicted octanol–water partition coefficient (Wildman–Crippen LogP) is 4.84. The molecule has 2 aromatic carbocycles. The van der Waals surface area contributed by atoms with Crippen molar-refractivity contribution >= 4 is 33.2 Å². The number of nitrogens with zero attached hydrogens (tertiary/aromatic N) is 2. The zero-order valence-electron chi connectivity index (χ0n) is 15.3. The van der Waals surface area contributed by atoms with Gasteiger partial charge in [-0.3, -0.25) is 9.36 Å². The molecule has 28 heavy (non-hydrogen) atoms. The van der Waals surface area contributed by atoms with Gasteiger partial charge in [0.15, 0.2) is 11.5 Å². The summed E-state index contributed by atoms with van der Waals surface area (Å²) >= 11 is 7.40. The fourth-order valence-electron chi connectivity index (χ4n) is 2.99. The van der Waals surface area contributed by atoms with Crippen LogP contribution in [0.4, 0.5) is 0 Å². The van der Waals surface area contributed by atoms with Gasteiger partial charge >= 0.3 is 0 Å². The number of fused-ring (bicyclic) bond motifs is 1. The van der Waals surface area contributed by atoms with Crippen molar-refractivity contribution in [2.75, 3.05) is 14.2 Å². The molecular formula is C21H17ClN2O3S. The highest BCUT2D eigenvalue weighted by Gasteiger charge is 2.12. The maximum Gasteiger partial charge on any atom is 0.271 e. The second-order valence-electron chi connectivity index (χ2n) is 6.20. The highest BCUT2D eigenvalue weighted by atomic mass is 35.5.